The zero-order valence-corrected chi connectivity index (χ0v) is 21.5. The van der Waals surface area contributed by atoms with Crippen molar-refractivity contribution >= 4 is 29.7 Å². The molecule has 1 saturated carbocycles. The van der Waals surface area contributed by atoms with E-state index >= 15 is 0 Å². The molecule has 2 heterocycles. The van der Waals surface area contributed by atoms with Crippen LogP contribution in [0.1, 0.15) is 44.2 Å². The molecule has 0 N–H and O–H groups in total. The first kappa shape index (κ1) is 24.6. The van der Waals surface area contributed by atoms with Crippen LogP contribution in [-0.4, -0.2) is 58.7 Å². The molecule has 7 nitrogen and oxygen atoms in total. The van der Waals surface area contributed by atoms with E-state index in [9.17, 15) is 14.4 Å². The predicted molar refractivity (Wildman–Crippen MR) is 135 cm³/mol. The summed E-state index contributed by atoms with van der Waals surface area (Å²) in [6.07, 6.45) is 0.363. The summed E-state index contributed by atoms with van der Waals surface area (Å²) in [5.41, 5.74) is 1.07. The van der Waals surface area contributed by atoms with Crippen LogP contribution in [0.3, 0.4) is 0 Å². The van der Waals surface area contributed by atoms with Crippen molar-refractivity contribution in [3.05, 3.63) is 70.7 Å². The number of halogens is 1. The summed E-state index contributed by atoms with van der Waals surface area (Å²) in [5, 5.41) is 0.548. The third-order valence-electron chi connectivity index (χ3n) is 7.18. The lowest BCUT2D eigenvalue weighted by Gasteiger charge is -2.36. The minimum absolute atomic E-state index is 0.138. The summed E-state index contributed by atoms with van der Waals surface area (Å²) in [4.78, 5) is 43.3. The van der Waals surface area contributed by atoms with Gasteiger partial charge in [0, 0.05) is 11.6 Å². The topological polar surface area (TPSA) is 76.2 Å². The number of hydrogen-bond acceptors (Lipinski definition) is 5. The summed E-state index contributed by atoms with van der Waals surface area (Å²) in [5.74, 6) is -0.591. The normalized spacial score (nSPS) is 25.8. The second kappa shape index (κ2) is 9.43. The standard InChI is InChI=1S/C28H31ClN2O5/c1-28(2,3)36-26(33)30-15-19-14-22(19)24(30)23(18-9-11-20(29)12-10-18)25(32)31-21(16-35-27(31)34)13-17-7-5-4-6-8-17/h4-12,19,21-24H,13-16H2,1-3H3/t19?,21-,22+,23?,24+/m1/s1. The van der Waals surface area contributed by atoms with Gasteiger partial charge in [0.1, 0.15) is 12.2 Å². The van der Waals surface area contributed by atoms with E-state index in [1.54, 1.807) is 17.0 Å². The summed E-state index contributed by atoms with van der Waals surface area (Å²) in [6.45, 7) is 6.16. The molecule has 3 amide bonds. The first-order valence-corrected chi connectivity index (χ1v) is 12.8. The fourth-order valence-electron chi connectivity index (χ4n) is 5.52. The van der Waals surface area contributed by atoms with Gasteiger partial charge in [-0.3, -0.25) is 4.79 Å². The van der Waals surface area contributed by atoms with E-state index in [1.807, 2.05) is 63.2 Å². The van der Waals surface area contributed by atoms with Crippen LogP contribution >= 0.6 is 11.6 Å². The number of carbonyl (C=O) groups is 3. The molecule has 2 aliphatic heterocycles. The van der Waals surface area contributed by atoms with Crippen LogP contribution in [0.5, 0.6) is 0 Å². The molecule has 0 bridgehead atoms. The monoisotopic (exact) mass is 510 g/mol. The second-order valence-corrected chi connectivity index (χ2v) is 11.4. The van der Waals surface area contributed by atoms with Crippen LogP contribution in [0.4, 0.5) is 9.59 Å². The number of amides is 3. The Hall–Kier alpha value is -3.06. The van der Waals surface area contributed by atoms with Gasteiger partial charge in [-0.25, -0.2) is 14.5 Å². The number of hydrogen-bond donors (Lipinski definition) is 0. The lowest BCUT2D eigenvalue weighted by atomic mass is 9.86. The summed E-state index contributed by atoms with van der Waals surface area (Å²) >= 11 is 6.15. The molecule has 190 valence electrons. The van der Waals surface area contributed by atoms with Crippen molar-refractivity contribution in [1.82, 2.24) is 9.80 Å². The molecular formula is C28H31ClN2O5. The molecule has 0 aromatic heterocycles. The SMILES string of the molecule is CC(C)(C)OC(=O)N1CC2C[C@@H]2[C@H]1C(C(=O)N1C(=O)OC[C@H]1Cc1ccccc1)c1ccc(Cl)cc1. The highest BCUT2D eigenvalue weighted by atomic mass is 35.5. The first-order chi connectivity index (χ1) is 17.1. The number of benzene rings is 2. The molecule has 2 unspecified atom stereocenters. The Balaban J connectivity index is 1.49. The Bertz CT molecular complexity index is 1150. The number of rotatable bonds is 5. The van der Waals surface area contributed by atoms with Crippen molar-refractivity contribution in [2.24, 2.45) is 11.8 Å². The van der Waals surface area contributed by atoms with Crippen molar-refractivity contribution in [2.45, 2.75) is 57.2 Å². The average Bonchev–Trinajstić information content (AvgIpc) is 3.36. The van der Waals surface area contributed by atoms with Gasteiger partial charge in [-0.1, -0.05) is 54.1 Å². The lowest BCUT2D eigenvalue weighted by molar-refractivity contribution is -0.132. The zero-order chi connectivity index (χ0) is 25.6. The third-order valence-corrected chi connectivity index (χ3v) is 7.44. The van der Waals surface area contributed by atoms with Gasteiger partial charge in [-0.2, -0.15) is 0 Å². The zero-order valence-electron chi connectivity index (χ0n) is 20.7. The number of piperidine rings is 1. The lowest BCUT2D eigenvalue weighted by Crippen LogP contribution is -2.51. The molecule has 2 aromatic rings. The van der Waals surface area contributed by atoms with E-state index in [1.165, 1.54) is 4.90 Å². The van der Waals surface area contributed by atoms with Gasteiger partial charge in [0.25, 0.3) is 0 Å². The Kier molecular flexibility index (Phi) is 6.45. The van der Waals surface area contributed by atoms with Crippen LogP contribution in [0.2, 0.25) is 5.02 Å². The summed E-state index contributed by atoms with van der Waals surface area (Å²) in [6, 6.07) is 16.0. The van der Waals surface area contributed by atoms with Crippen LogP contribution < -0.4 is 0 Å². The fourth-order valence-corrected chi connectivity index (χ4v) is 5.65. The van der Waals surface area contributed by atoms with Gasteiger partial charge >= 0.3 is 12.2 Å². The van der Waals surface area contributed by atoms with Gasteiger partial charge < -0.3 is 14.4 Å². The quantitative estimate of drug-likeness (QED) is 0.547. The number of likely N-dealkylation sites (tertiary alicyclic amines) is 1. The Morgan fingerprint density at radius 3 is 2.47 bits per heavy atom. The van der Waals surface area contributed by atoms with Crippen LogP contribution in [0.15, 0.2) is 54.6 Å². The number of carbonyl (C=O) groups excluding carboxylic acids is 3. The molecule has 5 rings (SSSR count). The highest BCUT2D eigenvalue weighted by molar-refractivity contribution is 6.30. The molecule has 1 aliphatic carbocycles. The molecule has 0 spiro atoms. The van der Waals surface area contributed by atoms with Gasteiger partial charge in [0.15, 0.2) is 0 Å². The number of imide groups is 1. The second-order valence-electron chi connectivity index (χ2n) is 10.9. The predicted octanol–water partition coefficient (Wildman–Crippen LogP) is 5.27. The smallest absolute Gasteiger partial charge is 0.417 e. The maximum Gasteiger partial charge on any atom is 0.417 e. The summed E-state index contributed by atoms with van der Waals surface area (Å²) in [7, 11) is 0. The average molecular weight is 511 g/mol. The number of fused-ring (bicyclic) bond motifs is 1. The molecule has 5 atom stereocenters. The van der Waals surface area contributed by atoms with Crippen LogP contribution in [-0.2, 0) is 20.7 Å². The molecule has 2 aromatic carbocycles. The van der Waals surface area contributed by atoms with Crippen molar-refractivity contribution < 1.29 is 23.9 Å². The Labute approximate surface area is 216 Å². The van der Waals surface area contributed by atoms with Gasteiger partial charge in [0.2, 0.25) is 5.91 Å². The largest absolute Gasteiger partial charge is 0.447 e. The summed E-state index contributed by atoms with van der Waals surface area (Å²) < 4.78 is 11.1. The first-order valence-electron chi connectivity index (χ1n) is 12.4. The van der Waals surface area contributed by atoms with Crippen LogP contribution in [0, 0.1) is 11.8 Å². The molecule has 8 heteroatoms. The molecule has 0 radical (unpaired) electrons. The van der Waals surface area contributed by atoms with E-state index in [0.29, 0.717) is 29.5 Å². The van der Waals surface area contributed by atoms with E-state index in [4.69, 9.17) is 21.1 Å². The molecule has 3 aliphatic rings. The highest BCUT2D eigenvalue weighted by Gasteiger charge is 2.60. The van der Waals surface area contributed by atoms with E-state index < -0.39 is 35.8 Å². The van der Waals surface area contributed by atoms with Gasteiger partial charge in [-0.05, 0) is 68.7 Å². The highest BCUT2D eigenvalue weighted by Crippen LogP contribution is 2.54. The Morgan fingerprint density at radius 2 is 1.81 bits per heavy atom. The minimum atomic E-state index is -0.740. The van der Waals surface area contributed by atoms with Crippen molar-refractivity contribution in [3.8, 4) is 0 Å². The van der Waals surface area contributed by atoms with Crippen molar-refractivity contribution in [2.75, 3.05) is 13.2 Å². The number of cyclic esters (lactones) is 1. The third kappa shape index (κ3) is 4.94. The van der Waals surface area contributed by atoms with Gasteiger partial charge in [0.05, 0.1) is 18.0 Å². The van der Waals surface area contributed by atoms with Crippen LogP contribution in [0.25, 0.3) is 0 Å². The molecule has 36 heavy (non-hydrogen) atoms. The number of nitrogens with zero attached hydrogens (tertiary/aromatic N) is 2. The van der Waals surface area contributed by atoms with Gasteiger partial charge in [-0.15, -0.1) is 0 Å². The molecule has 2 saturated heterocycles. The van der Waals surface area contributed by atoms with Crippen molar-refractivity contribution in [1.29, 1.82) is 0 Å². The molecular weight excluding hydrogens is 480 g/mol. The maximum absolute atomic E-state index is 14.3. The maximum atomic E-state index is 14.3. The molecule has 3 fully saturated rings. The van der Waals surface area contributed by atoms with Crippen molar-refractivity contribution in [3.63, 3.8) is 0 Å². The fraction of sp³-hybridized carbons (Fsp3) is 0.464. The Morgan fingerprint density at radius 1 is 1.11 bits per heavy atom. The van der Waals surface area contributed by atoms with E-state index in [2.05, 4.69) is 0 Å². The van der Waals surface area contributed by atoms with E-state index in [0.717, 1.165) is 12.0 Å². The minimum Gasteiger partial charge on any atom is -0.447 e. The van der Waals surface area contributed by atoms with E-state index in [-0.39, 0.29) is 18.4 Å². The number of ether oxygens (including phenoxy) is 2.